The van der Waals surface area contributed by atoms with E-state index in [4.69, 9.17) is 16.0 Å². The Kier molecular flexibility index (Phi) is 6.90. The van der Waals surface area contributed by atoms with E-state index in [0.717, 1.165) is 28.5 Å². The summed E-state index contributed by atoms with van der Waals surface area (Å²) in [7, 11) is 0. The van der Waals surface area contributed by atoms with Gasteiger partial charge in [0.25, 0.3) is 5.91 Å². The molecule has 1 heterocycles. The van der Waals surface area contributed by atoms with Crippen molar-refractivity contribution >= 4 is 17.5 Å². The molecule has 1 amide bonds. The van der Waals surface area contributed by atoms with Crippen molar-refractivity contribution in [2.75, 3.05) is 0 Å². The van der Waals surface area contributed by atoms with Gasteiger partial charge in [0.15, 0.2) is 11.5 Å². The van der Waals surface area contributed by atoms with Gasteiger partial charge in [-0.15, -0.1) is 0 Å². The quantitative estimate of drug-likeness (QED) is 0.606. The van der Waals surface area contributed by atoms with Crippen LogP contribution in [0.4, 0.5) is 0 Å². The summed E-state index contributed by atoms with van der Waals surface area (Å²) in [6, 6.07) is 21.7. The van der Waals surface area contributed by atoms with Gasteiger partial charge in [0.2, 0.25) is 0 Å². The number of furan rings is 1. The highest BCUT2D eigenvalue weighted by atomic mass is 35.5. The van der Waals surface area contributed by atoms with Gasteiger partial charge < -0.3 is 14.6 Å². The van der Waals surface area contributed by atoms with Gasteiger partial charge in [-0.25, -0.2) is 0 Å². The summed E-state index contributed by atoms with van der Waals surface area (Å²) in [6.45, 7) is 6.30. The van der Waals surface area contributed by atoms with E-state index in [2.05, 4.69) is 25.2 Å². The van der Waals surface area contributed by atoms with E-state index in [0.29, 0.717) is 24.9 Å². The summed E-state index contributed by atoms with van der Waals surface area (Å²) < 4.78 is 5.82. The number of quaternary nitrogens is 1. The summed E-state index contributed by atoms with van der Waals surface area (Å²) >= 11 is 6.32. The first-order chi connectivity index (χ1) is 13.5. The predicted octanol–water partition coefficient (Wildman–Crippen LogP) is 3.86. The number of halogens is 1. The molecule has 1 aromatic heterocycles. The van der Waals surface area contributed by atoms with Gasteiger partial charge in [-0.05, 0) is 37.6 Å². The summed E-state index contributed by atoms with van der Waals surface area (Å²) in [4.78, 5) is 13.7. The van der Waals surface area contributed by atoms with Crippen molar-refractivity contribution in [2.24, 2.45) is 0 Å². The molecule has 0 spiro atoms. The smallest absolute Gasteiger partial charge is 0.287 e. The van der Waals surface area contributed by atoms with Crippen LogP contribution in [0.15, 0.2) is 71.1 Å². The molecule has 2 aromatic carbocycles. The largest absolute Gasteiger partial charge is 0.450 e. The Labute approximate surface area is 171 Å². The third-order valence-electron chi connectivity index (χ3n) is 4.77. The van der Waals surface area contributed by atoms with Crippen molar-refractivity contribution in [3.8, 4) is 0 Å². The minimum Gasteiger partial charge on any atom is -0.450 e. The third-order valence-corrected chi connectivity index (χ3v) is 5.14. The fourth-order valence-corrected chi connectivity index (χ4v) is 3.24. The van der Waals surface area contributed by atoms with E-state index < -0.39 is 0 Å². The first-order valence-electron chi connectivity index (χ1n) is 9.51. The SMILES string of the molecule is CC(C)[NH+](Cc1ccc(C(=O)NCc2ccccc2)o1)Cc1ccccc1Cl. The average Bonchev–Trinajstić information content (AvgIpc) is 3.16. The maximum absolute atomic E-state index is 12.4. The highest BCUT2D eigenvalue weighted by molar-refractivity contribution is 6.31. The van der Waals surface area contributed by atoms with Crippen molar-refractivity contribution in [2.45, 2.75) is 39.5 Å². The minimum atomic E-state index is -0.202. The zero-order valence-electron chi connectivity index (χ0n) is 16.2. The van der Waals surface area contributed by atoms with Crippen LogP contribution in [-0.2, 0) is 19.6 Å². The second kappa shape index (κ2) is 9.58. The van der Waals surface area contributed by atoms with Crippen LogP contribution in [0.25, 0.3) is 0 Å². The molecule has 1 atom stereocenters. The van der Waals surface area contributed by atoms with E-state index in [1.807, 2.05) is 54.6 Å². The summed E-state index contributed by atoms with van der Waals surface area (Å²) in [6.07, 6.45) is 0. The van der Waals surface area contributed by atoms with Gasteiger partial charge in [-0.1, -0.05) is 60.1 Å². The standard InChI is InChI=1S/C23H25ClN2O2/c1-17(2)26(15-19-10-6-7-11-21(19)24)16-20-12-13-22(28-20)23(27)25-14-18-8-4-3-5-9-18/h3-13,17H,14-16H2,1-2H3,(H,25,27)/p+1. The fourth-order valence-electron chi connectivity index (χ4n) is 3.04. The number of carbonyl (C=O) groups excluding carboxylic acids is 1. The molecule has 28 heavy (non-hydrogen) atoms. The number of carbonyl (C=O) groups is 1. The molecule has 0 aliphatic carbocycles. The van der Waals surface area contributed by atoms with Crippen molar-refractivity contribution < 1.29 is 14.1 Å². The van der Waals surface area contributed by atoms with E-state index >= 15 is 0 Å². The van der Waals surface area contributed by atoms with Gasteiger partial charge in [-0.2, -0.15) is 0 Å². The van der Waals surface area contributed by atoms with Crippen LogP contribution in [0, 0.1) is 0 Å². The Morgan fingerprint density at radius 2 is 1.71 bits per heavy atom. The first-order valence-corrected chi connectivity index (χ1v) is 9.89. The molecule has 4 nitrogen and oxygen atoms in total. The molecule has 3 rings (SSSR count). The topological polar surface area (TPSA) is 46.7 Å². The van der Waals surface area contributed by atoms with Crippen molar-refractivity contribution in [3.05, 3.63) is 94.4 Å². The molecule has 0 fully saturated rings. The maximum atomic E-state index is 12.4. The lowest BCUT2D eigenvalue weighted by Gasteiger charge is -2.23. The fraction of sp³-hybridized carbons (Fsp3) is 0.261. The Bertz CT molecular complexity index is 906. The lowest BCUT2D eigenvalue weighted by molar-refractivity contribution is -0.949. The molecular weight excluding hydrogens is 372 g/mol. The number of nitrogens with one attached hydrogen (secondary N) is 2. The molecule has 0 saturated carbocycles. The monoisotopic (exact) mass is 397 g/mol. The Morgan fingerprint density at radius 3 is 2.43 bits per heavy atom. The Morgan fingerprint density at radius 1 is 1.00 bits per heavy atom. The lowest BCUT2D eigenvalue weighted by atomic mass is 10.2. The molecule has 146 valence electrons. The van der Waals surface area contributed by atoms with E-state index in [1.165, 1.54) is 4.90 Å². The normalized spacial score (nSPS) is 12.1. The second-order valence-corrected chi connectivity index (χ2v) is 7.60. The average molecular weight is 398 g/mol. The van der Waals surface area contributed by atoms with Gasteiger partial charge in [0.1, 0.15) is 13.1 Å². The lowest BCUT2D eigenvalue weighted by Crippen LogP contribution is -3.12. The number of hydrogen-bond donors (Lipinski definition) is 2. The zero-order chi connectivity index (χ0) is 19.9. The van der Waals surface area contributed by atoms with Gasteiger partial charge in [0, 0.05) is 17.1 Å². The van der Waals surface area contributed by atoms with Crippen LogP contribution in [0.1, 0.15) is 41.3 Å². The maximum Gasteiger partial charge on any atom is 0.287 e. The Balaban J connectivity index is 1.61. The molecular formula is C23H26ClN2O2+. The van der Waals surface area contributed by atoms with Gasteiger partial charge in [-0.3, -0.25) is 4.79 Å². The summed E-state index contributed by atoms with van der Waals surface area (Å²) in [5.41, 5.74) is 2.16. The van der Waals surface area contributed by atoms with Crippen LogP contribution in [0.3, 0.4) is 0 Å². The van der Waals surface area contributed by atoms with Crippen LogP contribution >= 0.6 is 11.6 Å². The highest BCUT2D eigenvalue weighted by Crippen LogP contribution is 2.14. The molecule has 0 aliphatic rings. The van der Waals surface area contributed by atoms with E-state index in [-0.39, 0.29) is 5.91 Å². The highest BCUT2D eigenvalue weighted by Gasteiger charge is 2.19. The van der Waals surface area contributed by atoms with Gasteiger partial charge in [0.05, 0.1) is 6.04 Å². The zero-order valence-corrected chi connectivity index (χ0v) is 17.0. The van der Waals surface area contributed by atoms with Crippen LogP contribution in [-0.4, -0.2) is 11.9 Å². The van der Waals surface area contributed by atoms with Crippen molar-refractivity contribution in [1.82, 2.24) is 5.32 Å². The molecule has 1 unspecified atom stereocenters. The summed E-state index contributed by atoms with van der Waals surface area (Å²) in [5, 5.41) is 3.67. The van der Waals surface area contributed by atoms with Gasteiger partial charge >= 0.3 is 0 Å². The molecule has 2 N–H and O–H groups in total. The van der Waals surface area contributed by atoms with E-state index in [1.54, 1.807) is 6.07 Å². The second-order valence-electron chi connectivity index (χ2n) is 7.19. The molecule has 5 heteroatoms. The summed E-state index contributed by atoms with van der Waals surface area (Å²) in [5.74, 6) is 0.930. The molecule has 0 radical (unpaired) electrons. The molecule has 0 aliphatic heterocycles. The van der Waals surface area contributed by atoms with Crippen LogP contribution in [0.2, 0.25) is 5.02 Å². The van der Waals surface area contributed by atoms with Crippen LogP contribution in [0.5, 0.6) is 0 Å². The first kappa shape index (κ1) is 20.2. The molecule has 3 aromatic rings. The third kappa shape index (κ3) is 5.47. The number of amides is 1. The van der Waals surface area contributed by atoms with Crippen molar-refractivity contribution in [3.63, 3.8) is 0 Å². The number of rotatable bonds is 8. The predicted molar refractivity (Wildman–Crippen MR) is 111 cm³/mol. The Hall–Kier alpha value is -2.56. The van der Waals surface area contributed by atoms with Crippen molar-refractivity contribution in [1.29, 1.82) is 0 Å². The molecule has 0 bridgehead atoms. The minimum absolute atomic E-state index is 0.202. The molecule has 0 saturated heterocycles. The number of benzene rings is 2. The van der Waals surface area contributed by atoms with Crippen LogP contribution < -0.4 is 10.2 Å². The number of hydrogen-bond acceptors (Lipinski definition) is 2. The van der Waals surface area contributed by atoms with E-state index in [9.17, 15) is 4.79 Å².